The zero-order valence-corrected chi connectivity index (χ0v) is 11.4. The summed E-state index contributed by atoms with van der Waals surface area (Å²) in [6.07, 6.45) is 3.71. The molecule has 4 rings (SSSR count). The fraction of sp³-hybridized carbons (Fsp3) is 0.500. The Kier molecular flexibility index (Phi) is 2.64. The number of rotatable bonds is 1. The number of benzene rings is 1. The van der Waals surface area contributed by atoms with E-state index in [-0.39, 0.29) is 0 Å². The lowest BCUT2D eigenvalue weighted by Crippen LogP contribution is -2.46. The molecule has 100 valence electrons. The maximum atomic E-state index is 3.69. The molecule has 19 heavy (non-hydrogen) atoms. The third kappa shape index (κ3) is 1.72. The molecule has 0 saturated carbocycles. The van der Waals surface area contributed by atoms with Crippen LogP contribution in [-0.2, 0) is 6.42 Å². The van der Waals surface area contributed by atoms with E-state index in [1.165, 1.54) is 48.9 Å². The fourth-order valence-electron chi connectivity index (χ4n) is 3.87. The first-order chi connectivity index (χ1) is 9.36. The number of hydrogen-bond acceptors (Lipinski definition) is 2. The number of nitrogens with zero attached hydrogens (tertiary/aromatic N) is 1. The van der Waals surface area contributed by atoms with E-state index in [1.807, 2.05) is 0 Å². The maximum Gasteiger partial charge on any atom is 0.0516 e. The summed E-state index contributed by atoms with van der Waals surface area (Å²) in [6.45, 7) is 2.45. The molecule has 1 fully saturated rings. The van der Waals surface area contributed by atoms with Crippen molar-refractivity contribution in [3.8, 4) is 0 Å². The van der Waals surface area contributed by atoms with Crippen molar-refractivity contribution in [3.63, 3.8) is 0 Å². The predicted molar refractivity (Wildman–Crippen MR) is 78.4 cm³/mol. The van der Waals surface area contributed by atoms with Crippen LogP contribution in [0.1, 0.15) is 30.1 Å². The Morgan fingerprint density at radius 3 is 3.05 bits per heavy atom. The van der Waals surface area contributed by atoms with Gasteiger partial charge in [-0.25, -0.2) is 0 Å². The van der Waals surface area contributed by atoms with E-state index in [2.05, 4.69) is 46.5 Å². The highest BCUT2D eigenvalue weighted by molar-refractivity contribution is 5.85. The van der Waals surface area contributed by atoms with Gasteiger partial charge in [-0.1, -0.05) is 18.2 Å². The lowest BCUT2D eigenvalue weighted by Gasteiger charge is -2.42. The average Bonchev–Trinajstić information content (AvgIpc) is 2.85. The second kappa shape index (κ2) is 4.36. The Bertz CT molecular complexity index is 601. The molecule has 2 aliphatic rings. The highest BCUT2D eigenvalue weighted by atomic mass is 15.2. The van der Waals surface area contributed by atoms with Crippen molar-refractivity contribution in [1.82, 2.24) is 15.2 Å². The molecule has 1 aromatic carbocycles. The lowest BCUT2D eigenvalue weighted by molar-refractivity contribution is 0.116. The SMILES string of the molecule is CNC1CCN2CCc3c([nH]c4ccccc34)[C@@H]2C1. The van der Waals surface area contributed by atoms with Gasteiger partial charge in [-0.2, -0.15) is 0 Å². The third-order valence-corrected chi connectivity index (χ3v) is 4.95. The van der Waals surface area contributed by atoms with Crippen LogP contribution in [0.25, 0.3) is 10.9 Å². The van der Waals surface area contributed by atoms with Gasteiger partial charge in [-0.3, -0.25) is 4.90 Å². The van der Waals surface area contributed by atoms with Gasteiger partial charge in [0.05, 0.1) is 6.04 Å². The molecule has 0 radical (unpaired) electrons. The molecule has 3 heteroatoms. The minimum Gasteiger partial charge on any atom is -0.357 e. The minimum atomic E-state index is 0.586. The Morgan fingerprint density at radius 2 is 2.16 bits per heavy atom. The highest BCUT2D eigenvalue weighted by Gasteiger charge is 2.34. The largest absolute Gasteiger partial charge is 0.357 e. The van der Waals surface area contributed by atoms with Crippen LogP contribution < -0.4 is 5.32 Å². The first-order valence-electron chi connectivity index (χ1n) is 7.37. The number of aromatic amines is 1. The zero-order valence-electron chi connectivity index (χ0n) is 11.4. The number of para-hydroxylation sites is 1. The summed E-state index contributed by atoms with van der Waals surface area (Å²) in [4.78, 5) is 6.35. The van der Waals surface area contributed by atoms with E-state index >= 15 is 0 Å². The molecule has 1 aromatic heterocycles. The van der Waals surface area contributed by atoms with Gasteiger partial charge in [0.15, 0.2) is 0 Å². The monoisotopic (exact) mass is 255 g/mol. The van der Waals surface area contributed by atoms with Crippen molar-refractivity contribution in [2.75, 3.05) is 20.1 Å². The Labute approximate surface area is 114 Å². The molecular formula is C16H21N3. The molecule has 0 bridgehead atoms. The number of fused-ring (bicyclic) bond motifs is 5. The number of hydrogen-bond donors (Lipinski definition) is 2. The van der Waals surface area contributed by atoms with Gasteiger partial charge in [-0.05, 0) is 37.9 Å². The molecule has 0 amide bonds. The van der Waals surface area contributed by atoms with Crippen molar-refractivity contribution in [2.24, 2.45) is 0 Å². The van der Waals surface area contributed by atoms with Gasteiger partial charge in [0, 0.05) is 35.7 Å². The molecule has 1 saturated heterocycles. The average molecular weight is 255 g/mol. The van der Waals surface area contributed by atoms with Crippen molar-refractivity contribution in [3.05, 3.63) is 35.5 Å². The van der Waals surface area contributed by atoms with Crippen molar-refractivity contribution in [2.45, 2.75) is 31.3 Å². The molecule has 2 atom stereocenters. The Morgan fingerprint density at radius 1 is 1.26 bits per heavy atom. The number of H-pyrrole nitrogens is 1. The number of nitrogens with one attached hydrogen (secondary N) is 2. The van der Waals surface area contributed by atoms with Gasteiger partial charge < -0.3 is 10.3 Å². The van der Waals surface area contributed by atoms with Crippen molar-refractivity contribution < 1.29 is 0 Å². The number of piperidine rings is 1. The van der Waals surface area contributed by atoms with Crippen LogP contribution >= 0.6 is 0 Å². The molecule has 0 spiro atoms. The van der Waals surface area contributed by atoms with E-state index in [0.29, 0.717) is 12.1 Å². The fourth-order valence-corrected chi connectivity index (χ4v) is 3.87. The van der Waals surface area contributed by atoms with Crippen LogP contribution in [0.4, 0.5) is 0 Å². The second-order valence-corrected chi connectivity index (χ2v) is 5.87. The minimum absolute atomic E-state index is 0.586. The summed E-state index contributed by atoms with van der Waals surface area (Å²) < 4.78 is 0. The highest BCUT2D eigenvalue weighted by Crippen LogP contribution is 2.39. The molecule has 1 unspecified atom stereocenters. The van der Waals surface area contributed by atoms with E-state index < -0.39 is 0 Å². The molecule has 2 aromatic rings. The Balaban J connectivity index is 1.80. The zero-order chi connectivity index (χ0) is 12.8. The van der Waals surface area contributed by atoms with E-state index in [1.54, 1.807) is 5.56 Å². The summed E-state index contributed by atoms with van der Waals surface area (Å²) in [5, 5.41) is 4.89. The molecule has 0 aliphatic carbocycles. The smallest absolute Gasteiger partial charge is 0.0516 e. The summed E-state index contributed by atoms with van der Waals surface area (Å²) in [5.74, 6) is 0. The lowest BCUT2D eigenvalue weighted by atomic mass is 9.88. The number of aromatic nitrogens is 1. The first kappa shape index (κ1) is 11.5. The van der Waals surface area contributed by atoms with Gasteiger partial charge in [0.2, 0.25) is 0 Å². The van der Waals surface area contributed by atoms with Gasteiger partial charge in [0.1, 0.15) is 0 Å². The molecule has 3 heterocycles. The first-order valence-corrected chi connectivity index (χ1v) is 7.37. The summed E-state index contributed by atoms with van der Waals surface area (Å²) in [7, 11) is 2.09. The van der Waals surface area contributed by atoms with Crippen LogP contribution in [-0.4, -0.2) is 36.1 Å². The van der Waals surface area contributed by atoms with Crippen molar-refractivity contribution in [1.29, 1.82) is 0 Å². The standard InChI is InChI=1S/C16H21N3/c1-17-11-6-8-19-9-7-13-12-4-2-3-5-14(12)18-16(13)15(19)10-11/h2-5,11,15,17-18H,6-10H2,1H3/t11?,15-/m0/s1. The summed E-state index contributed by atoms with van der Waals surface area (Å²) in [6, 6.07) is 10.00. The normalized spacial score (nSPS) is 27.2. The summed E-state index contributed by atoms with van der Waals surface area (Å²) >= 11 is 0. The van der Waals surface area contributed by atoms with Gasteiger partial charge >= 0.3 is 0 Å². The maximum absolute atomic E-state index is 3.69. The third-order valence-electron chi connectivity index (χ3n) is 4.95. The van der Waals surface area contributed by atoms with Gasteiger partial charge in [-0.15, -0.1) is 0 Å². The molecule has 3 nitrogen and oxygen atoms in total. The van der Waals surface area contributed by atoms with Crippen LogP contribution in [0.2, 0.25) is 0 Å². The van der Waals surface area contributed by atoms with Gasteiger partial charge in [0.25, 0.3) is 0 Å². The molecule has 2 aliphatic heterocycles. The molecular weight excluding hydrogens is 234 g/mol. The second-order valence-electron chi connectivity index (χ2n) is 5.87. The predicted octanol–water partition coefficient (Wildman–Crippen LogP) is 2.45. The van der Waals surface area contributed by atoms with Crippen molar-refractivity contribution >= 4 is 10.9 Å². The Hall–Kier alpha value is -1.32. The van der Waals surface area contributed by atoms with E-state index in [9.17, 15) is 0 Å². The quantitative estimate of drug-likeness (QED) is 0.820. The topological polar surface area (TPSA) is 31.1 Å². The molecule has 2 N–H and O–H groups in total. The van der Waals surface area contributed by atoms with Crippen LogP contribution in [0.5, 0.6) is 0 Å². The van der Waals surface area contributed by atoms with Crippen LogP contribution in [0.15, 0.2) is 24.3 Å². The summed E-state index contributed by atoms with van der Waals surface area (Å²) in [5.41, 5.74) is 4.35. The van der Waals surface area contributed by atoms with Crippen LogP contribution in [0, 0.1) is 0 Å². The van der Waals surface area contributed by atoms with E-state index in [4.69, 9.17) is 0 Å². The van der Waals surface area contributed by atoms with E-state index in [0.717, 1.165) is 0 Å². The van der Waals surface area contributed by atoms with Crippen LogP contribution in [0.3, 0.4) is 0 Å².